The molecule has 0 radical (unpaired) electrons. The van der Waals surface area contributed by atoms with Crippen LogP contribution in [0.3, 0.4) is 0 Å². The Bertz CT molecular complexity index is 3570. The molecule has 0 unspecified atom stereocenters. The summed E-state index contributed by atoms with van der Waals surface area (Å²) in [6, 6.07) is 86.7. The molecular formula is C75H66IrN3. The molecule has 9 aromatic carbocycles. The van der Waals surface area contributed by atoms with E-state index in [0.717, 1.165) is 49.9 Å². The molecule has 3 aromatic heterocycles. The minimum atomic E-state index is 0. The van der Waals surface area contributed by atoms with Crippen LogP contribution in [-0.2, 0) is 36.4 Å². The smallest absolute Gasteiger partial charge is 0.304 e. The normalized spacial score (nSPS) is 11.5. The van der Waals surface area contributed by atoms with Crippen LogP contribution in [0.4, 0.5) is 0 Å². The van der Waals surface area contributed by atoms with Crippen molar-refractivity contribution in [2.75, 3.05) is 0 Å². The van der Waals surface area contributed by atoms with E-state index in [1.807, 2.05) is 55.0 Å². The van der Waals surface area contributed by atoms with Crippen LogP contribution in [0.15, 0.2) is 237 Å². The first-order valence-electron chi connectivity index (χ1n) is 27.0. The zero-order valence-corrected chi connectivity index (χ0v) is 49.1. The zero-order chi connectivity index (χ0) is 54.4. The molecule has 0 N–H and O–H groups in total. The van der Waals surface area contributed by atoms with Crippen LogP contribution in [0, 0.1) is 18.2 Å². The molecule has 0 saturated heterocycles. The topological polar surface area (TPSA) is 38.7 Å². The average Bonchev–Trinajstić information content (AvgIpc) is 3.54. The van der Waals surface area contributed by atoms with Crippen LogP contribution in [-0.4, -0.2) is 15.0 Å². The molecule has 12 rings (SSSR count). The zero-order valence-electron chi connectivity index (χ0n) is 46.7. The SMILES string of the molecule is CC(C)(C)c1ccc(-c2cc[c-]c(-c3nccc4ccccc34)c2)cc1.CC(C)(C)c1ccc(-c2cc[c-]c(-c3nccc4ccccc34)c2)cc1.CC(C)(C)c1ccc(-c2cc[c-]c(-c3nccc4ccccc34)c2)cc1.[Ir+3]. The second-order valence-electron chi connectivity index (χ2n) is 23.1. The molecule has 0 atom stereocenters. The molecule has 0 fully saturated rings. The van der Waals surface area contributed by atoms with Gasteiger partial charge in [0.05, 0.1) is 0 Å². The third-order valence-electron chi connectivity index (χ3n) is 14.4. The molecule has 12 aromatic rings. The van der Waals surface area contributed by atoms with Crippen molar-refractivity contribution in [3.8, 4) is 67.2 Å². The Morgan fingerprint density at radius 3 is 0.785 bits per heavy atom. The summed E-state index contributed by atoms with van der Waals surface area (Å²) >= 11 is 0. The molecular weight excluding hydrogens is 1140 g/mol. The van der Waals surface area contributed by atoms with Crippen molar-refractivity contribution in [3.63, 3.8) is 0 Å². The van der Waals surface area contributed by atoms with Gasteiger partial charge in [-0.15, -0.1) is 106 Å². The number of hydrogen-bond acceptors (Lipinski definition) is 3. The Balaban J connectivity index is 0.000000143. The third kappa shape index (κ3) is 13.1. The molecule has 0 bridgehead atoms. The molecule has 3 nitrogen and oxygen atoms in total. The molecule has 0 saturated carbocycles. The second-order valence-corrected chi connectivity index (χ2v) is 23.1. The van der Waals surface area contributed by atoms with Gasteiger partial charge in [-0.05, 0) is 117 Å². The number of benzene rings is 9. The van der Waals surface area contributed by atoms with E-state index >= 15 is 0 Å². The summed E-state index contributed by atoms with van der Waals surface area (Å²) in [5.41, 5.74) is 17.8. The van der Waals surface area contributed by atoms with Gasteiger partial charge in [0.1, 0.15) is 0 Å². The molecule has 3 heterocycles. The Morgan fingerprint density at radius 1 is 0.278 bits per heavy atom. The number of nitrogens with zero attached hydrogens (tertiary/aromatic N) is 3. The van der Waals surface area contributed by atoms with Crippen LogP contribution in [0.25, 0.3) is 99.5 Å². The number of pyridine rings is 3. The third-order valence-corrected chi connectivity index (χ3v) is 14.4. The van der Waals surface area contributed by atoms with Crippen LogP contribution in [0.5, 0.6) is 0 Å². The van der Waals surface area contributed by atoms with E-state index in [-0.39, 0.29) is 36.4 Å². The maximum Gasteiger partial charge on any atom is 3.00 e. The van der Waals surface area contributed by atoms with Gasteiger partial charge in [0.15, 0.2) is 0 Å². The van der Waals surface area contributed by atoms with Gasteiger partial charge in [-0.3, -0.25) is 0 Å². The van der Waals surface area contributed by atoms with Gasteiger partial charge < -0.3 is 15.0 Å². The fourth-order valence-electron chi connectivity index (χ4n) is 9.84. The summed E-state index contributed by atoms with van der Waals surface area (Å²) in [7, 11) is 0. The summed E-state index contributed by atoms with van der Waals surface area (Å²) in [6.07, 6.45) is 5.61. The molecule has 0 aliphatic carbocycles. The van der Waals surface area contributed by atoms with Crippen molar-refractivity contribution >= 4 is 32.3 Å². The van der Waals surface area contributed by atoms with E-state index in [1.54, 1.807) is 0 Å². The van der Waals surface area contributed by atoms with Gasteiger partial charge >= 0.3 is 20.1 Å². The molecule has 0 aliphatic rings. The predicted octanol–water partition coefficient (Wildman–Crippen LogP) is 20.0. The Kier molecular flexibility index (Phi) is 16.8. The standard InChI is InChI=1S/3C25H22N.Ir/c3*1-25(2,3)22-13-11-18(12-14-22)20-8-6-9-21(17-20)24-23-10-5-4-7-19(23)15-16-26-24;/h3*4-8,10-17H,1-3H3;/q3*-1;+3. The van der Waals surface area contributed by atoms with E-state index in [1.165, 1.54) is 66.2 Å². The van der Waals surface area contributed by atoms with E-state index in [0.29, 0.717) is 0 Å². The minimum Gasteiger partial charge on any atom is -0.304 e. The maximum absolute atomic E-state index is 4.63. The minimum absolute atomic E-state index is 0. The Hall–Kier alpha value is -8.14. The average molecular weight is 1200 g/mol. The molecule has 79 heavy (non-hydrogen) atoms. The van der Waals surface area contributed by atoms with Gasteiger partial charge in [0.25, 0.3) is 0 Å². The van der Waals surface area contributed by atoms with Crippen LogP contribution in [0.1, 0.15) is 79.0 Å². The van der Waals surface area contributed by atoms with Crippen LogP contribution >= 0.6 is 0 Å². The Morgan fingerprint density at radius 2 is 0.532 bits per heavy atom. The van der Waals surface area contributed by atoms with Crippen molar-refractivity contribution in [2.24, 2.45) is 0 Å². The molecule has 0 spiro atoms. The Labute approximate surface area is 481 Å². The number of hydrogen-bond donors (Lipinski definition) is 0. The van der Waals surface area contributed by atoms with E-state index in [4.69, 9.17) is 0 Å². The molecule has 0 amide bonds. The molecule has 4 heteroatoms. The number of aromatic nitrogens is 3. The van der Waals surface area contributed by atoms with E-state index in [2.05, 4.69) is 277 Å². The fourth-order valence-corrected chi connectivity index (χ4v) is 9.84. The van der Waals surface area contributed by atoms with E-state index < -0.39 is 0 Å². The van der Waals surface area contributed by atoms with Crippen LogP contribution < -0.4 is 0 Å². The number of rotatable bonds is 6. The van der Waals surface area contributed by atoms with Crippen molar-refractivity contribution in [3.05, 3.63) is 272 Å². The maximum atomic E-state index is 4.63. The summed E-state index contributed by atoms with van der Waals surface area (Å²) in [5.74, 6) is 0. The first-order valence-corrected chi connectivity index (χ1v) is 27.0. The monoisotopic (exact) mass is 1200 g/mol. The van der Waals surface area contributed by atoms with Crippen LogP contribution in [0.2, 0.25) is 0 Å². The van der Waals surface area contributed by atoms with Gasteiger partial charge in [-0.1, -0.05) is 208 Å². The summed E-state index contributed by atoms with van der Waals surface area (Å²) < 4.78 is 0. The van der Waals surface area contributed by atoms with E-state index in [9.17, 15) is 0 Å². The van der Waals surface area contributed by atoms with Crippen molar-refractivity contribution < 1.29 is 20.1 Å². The first-order chi connectivity index (χ1) is 37.6. The van der Waals surface area contributed by atoms with Crippen molar-refractivity contribution in [1.82, 2.24) is 15.0 Å². The first kappa shape index (κ1) is 55.6. The van der Waals surface area contributed by atoms with Gasteiger partial charge in [0, 0.05) is 18.6 Å². The van der Waals surface area contributed by atoms with Crippen molar-refractivity contribution in [2.45, 2.75) is 78.6 Å². The quantitative estimate of drug-likeness (QED) is 0.156. The summed E-state index contributed by atoms with van der Waals surface area (Å²) in [6.45, 7) is 20.2. The van der Waals surface area contributed by atoms with Gasteiger partial charge in [-0.25, -0.2) is 0 Å². The number of fused-ring (bicyclic) bond motifs is 3. The van der Waals surface area contributed by atoms with Gasteiger partial charge in [-0.2, -0.15) is 0 Å². The fraction of sp³-hybridized carbons (Fsp3) is 0.160. The van der Waals surface area contributed by atoms with Gasteiger partial charge in [0.2, 0.25) is 0 Å². The molecule has 0 aliphatic heterocycles. The predicted molar refractivity (Wildman–Crippen MR) is 330 cm³/mol. The van der Waals surface area contributed by atoms with Crippen molar-refractivity contribution in [1.29, 1.82) is 0 Å². The second kappa shape index (κ2) is 23.8. The summed E-state index contributed by atoms with van der Waals surface area (Å²) in [4.78, 5) is 13.9. The largest absolute Gasteiger partial charge is 3.00 e. The molecule has 390 valence electrons. The summed E-state index contributed by atoms with van der Waals surface area (Å²) in [5, 5.41) is 7.08.